The second kappa shape index (κ2) is 4.44. The molecule has 0 aromatic carbocycles. The molecule has 0 amide bonds. The molecule has 0 bridgehead atoms. The van der Waals surface area contributed by atoms with E-state index in [1.165, 1.54) is 5.56 Å². The third kappa shape index (κ3) is 1.81. The SMILES string of the molecule is Cc1nn(-c2nc3c(cc2C(=N)N)CCC3)c(C)c1C. The van der Waals surface area contributed by atoms with Crippen LogP contribution >= 0.6 is 0 Å². The summed E-state index contributed by atoms with van der Waals surface area (Å²) in [6.45, 7) is 6.06. The van der Waals surface area contributed by atoms with Crippen molar-refractivity contribution in [3.8, 4) is 5.82 Å². The summed E-state index contributed by atoms with van der Waals surface area (Å²) in [5.41, 5.74) is 12.0. The van der Waals surface area contributed by atoms with Crippen molar-refractivity contribution in [2.75, 3.05) is 0 Å². The van der Waals surface area contributed by atoms with Crippen molar-refractivity contribution in [3.05, 3.63) is 39.8 Å². The molecule has 0 atom stereocenters. The molecular weight excluding hydrogens is 250 g/mol. The molecule has 0 fully saturated rings. The van der Waals surface area contributed by atoms with Crippen molar-refractivity contribution in [2.45, 2.75) is 40.0 Å². The Morgan fingerprint density at radius 1 is 1.30 bits per heavy atom. The standard InChI is InChI=1S/C15H19N5/c1-8-9(2)19-20(10(8)3)15-12(14(16)17)7-11-5-4-6-13(11)18-15/h7H,4-6H2,1-3H3,(H3,16,17). The fourth-order valence-electron chi connectivity index (χ4n) is 2.75. The first-order valence-corrected chi connectivity index (χ1v) is 6.89. The van der Waals surface area contributed by atoms with Crippen LogP contribution in [-0.2, 0) is 12.8 Å². The van der Waals surface area contributed by atoms with E-state index in [0.717, 1.165) is 41.9 Å². The van der Waals surface area contributed by atoms with Gasteiger partial charge in [-0.3, -0.25) is 5.41 Å². The number of rotatable bonds is 2. The number of hydrogen-bond acceptors (Lipinski definition) is 3. The largest absolute Gasteiger partial charge is 0.384 e. The quantitative estimate of drug-likeness (QED) is 0.646. The summed E-state index contributed by atoms with van der Waals surface area (Å²) in [4.78, 5) is 4.74. The van der Waals surface area contributed by atoms with Crippen LogP contribution < -0.4 is 5.73 Å². The van der Waals surface area contributed by atoms with Gasteiger partial charge in [-0.25, -0.2) is 9.67 Å². The Bertz CT molecular complexity index is 712. The number of aryl methyl sites for hydroxylation is 3. The summed E-state index contributed by atoms with van der Waals surface area (Å²) in [6.07, 6.45) is 3.15. The van der Waals surface area contributed by atoms with E-state index in [2.05, 4.69) is 12.0 Å². The highest BCUT2D eigenvalue weighted by molar-refractivity contribution is 5.98. The molecule has 2 aromatic rings. The van der Waals surface area contributed by atoms with Crippen LogP contribution in [0, 0.1) is 26.2 Å². The van der Waals surface area contributed by atoms with Crippen molar-refractivity contribution in [1.29, 1.82) is 5.41 Å². The minimum absolute atomic E-state index is 0.0485. The van der Waals surface area contributed by atoms with E-state index in [0.29, 0.717) is 11.4 Å². The van der Waals surface area contributed by atoms with Crippen molar-refractivity contribution in [2.24, 2.45) is 5.73 Å². The first kappa shape index (κ1) is 12.8. The van der Waals surface area contributed by atoms with Crippen molar-refractivity contribution < 1.29 is 0 Å². The van der Waals surface area contributed by atoms with Gasteiger partial charge in [0.25, 0.3) is 0 Å². The zero-order valence-electron chi connectivity index (χ0n) is 12.1. The van der Waals surface area contributed by atoms with Gasteiger partial charge < -0.3 is 5.73 Å². The molecule has 2 heterocycles. The molecule has 3 rings (SSSR count). The summed E-state index contributed by atoms with van der Waals surface area (Å²) in [7, 11) is 0. The van der Waals surface area contributed by atoms with Crippen LogP contribution in [0.2, 0.25) is 0 Å². The summed E-state index contributed by atoms with van der Waals surface area (Å²) in [6, 6.07) is 2.01. The van der Waals surface area contributed by atoms with Gasteiger partial charge >= 0.3 is 0 Å². The van der Waals surface area contributed by atoms with Gasteiger partial charge in [0.15, 0.2) is 5.82 Å². The molecule has 0 saturated carbocycles. The number of hydrogen-bond donors (Lipinski definition) is 2. The summed E-state index contributed by atoms with van der Waals surface area (Å²) >= 11 is 0. The molecule has 5 nitrogen and oxygen atoms in total. The zero-order valence-corrected chi connectivity index (χ0v) is 12.1. The molecule has 0 unspecified atom stereocenters. The van der Waals surface area contributed by atoms with Crippen molar-refractivity contribution in [1.82, 2.24) is 14.8 Å². The van der Waals surface area contributed by atoms with Gasteiger partial charge in [-0.1, -0.05) is 0 Å². The molecule has 2 aromatic heterocycles. The fourth-order valence-corrected chi connectivity index (χ4v) is 2.75. The van der Waals surface area contributed by atoms with Crippen LogP contribution in [0.3, 0.4) is 0 Å². The highest BCUT2D eigenvalue weighted by Crippen LogP contribution is 2.26. The lowest BCUT2D eigenvalue weighted by Gasteiger charge is -2.12. The Hall–Kier alpha value is -2.17. The predicted molar refractivity (Wildman–Crippen MR) is 78.6 cm³/mol. The number of aromatic nitrogens is 3. The van der Waals surface area contributed by atoms with Gasteiger partial charge in [-0.15, -0.1) is 0 Å². The third-order valence-corrected chi connectivity index (χ3v) is 4.17. The highest BCUT2D eigenvalue weighted by atomic mass is 15.3. The normalized spacial score (nSPS) is 13.6. The summed E-state index contributed by atoms with van der Waals surface area (Å²) in [5.74, 6) is 0.735. The molecule has 0 aliphatic heterocycles. The molecule has 5 heteroatoms. The molecule has 0 radical (unpaired) electrons. The van der Waals surface area contributed by atoms with Crippen LogP contribution in [-0.4, -0.2) is 20.6 Å². The smallest absolute Gasteiger partial charge is 0.164 e. The van der Waals surface area contributed by atoms with E-state index in [1.807, 2.05) is 24.6 Å². The molecule has 1 aliphatic carbocycles. The molecule has 0 spiro atoms. The average molecular weight is 269 g/mol. The first-order chi connectivity index (χ1) is 9.49. The Labute approximate surface area is 118 Å². The molecule has 1 aliphatic rings. The van der Waals surface area contributed by atoms with E-state index in [-0.39, 0.29) is 5.84 Å². The second-order valence-corrected chi connectivity index (χ2v) is 5.44. The number of fused-ring (bicyclic) bond motifs is 1. The lowest BCUT2D eigenvalue weighted by molar-refractivity contribution is 0.793. The number of nitrogens with zero attached hydrogens (tertiary/aromatic N) is 3. The van der Waals surface area contributed by atoms with Gasteiger partial charge in [0.2, 0.25) is 0 Å². The lowest BCUT2D eigenvalue weighted by Crippen LogP contribution is -2.18. The Balaban J connectivity index is 2.27. The second-order valence-electron chi connectivity index (χ2n) is 5.44. The monoisotopic (exact) mass is 269 g/mol. The van der Waals surface area contributed by atoms with E-state index in [9.17, 15) is 0 Å². The first-order valence-electron chi connectivity index (χ1n) is 6.89. The molecule has 104 valence electrons. The van der Waals surface area contributed by atoms with Gasteiger partial charge in [0.1, 0.15) is 5.84 Å². The molecule has 3 N–H and O–H groups in total. The van der Waals surface area contributed by atoms with Gasteiger partial charge in [0.05, 0.1) is 11.3 Å². The Morgan fingerprint density at radius 3 is 2.65 bits per heavy atom. The maximum Gasteiger partial charge on any atom is 0.164 e. The van der Waals surface area contributed by atoms with Crippen LogP contribution in [0.1, 0.15) is 40.2 Å². The van der Waals surface area contributed by atoms with Crippen LogP contribution in [0.25, 0.3) is 5.82 Å². The van der Waals surface area contributed by atoms with Gasteiger partial charge in [-0.2, -0.15) is 5.10 Å². The van der Waals surface area contributed by atoms with Crippen LogP contribution in [0.5, 0.6) is 0 Å². The number of amidine groups is 1. The highest BCUT2D eigenvalue weighted by Gasteiger charge is 2.21. The minimum atomic E-state index is 0.0485. The van der Waals surface area contributed by atoms with Crippen molar-refractivity contribution in [3.63, 3.8) is 0 Å². The average Bonchev–Trinajstić information content (AvgIpc) is 2.97. The fraction of sp³-hybridized carbons (Fsp3) is 0.400. The van der Waals surface area contributed by atoms with E-state index in [1.54, 1.807) is 0 Å². The Kier molecular flexibility index (Phi) is 2.85. The summed E-state index contributed by atoms with van der Waals surface area (Å²) in [5, 5.41) is 12.4. The Morgan fingerprint density at radius 2 is 2.05 bits per heavy atom. The van der Waals surface area contributed by atoms with Crippen LogP contribution in [0.4, 0.5) is 0 Å². The van der Waals surface area contributed by atoms with Crippen LogP contribution in [0.15, 0.2) is 6.07 Å². The topological polar surface area (TPSA) is 80.6 Å². The van der Waals surface area contributed by atoms with Gasteiger partial charge in [-0.05, 0) is 57.2 Å². The van der Waals surface area contributed by atoms with Crippen molar-refractivity contribution >= 4 is 5.84 Å². The zero-order chi connectivity index (χ0) is 14.4. The summed E-state index contributed by atoms with van der Waals surface area (Å²) < 4.78 is 1.82. The van der Waals surface area contributed by atoms with E-state index < -0.39 is 0 Å². The van der Waals surface area contributed by atoms with E-state index in [4.69, 9.17) is 16.1 Å². The lowest BCUT2D eigenvalue weighted by atomic mass is 10.1. The number of nitrogens with one attached hydrogen (secondary N) is 1. The maximum absolute atomic E-state index is 7.82. The number of pyridine rings is 1. The number of nitrogens with two attached hydrogens (primary N) is 1. The van der Waals surface area contributed by atoms with Gasteiger partial charge in [0, 0.05) is 11.4 Å². The predicted octanol–water partition coefficient (Wildman–Crippen LogP) is 1.97. The molecule has 0 saturated heterocycles. The molecule has 20 heavy (non-hydrogen) atoms. The minimum Gasteiger partial charge on any atom is -0.384 e. The number of nitrogen functional groups attached to an aromatic ring is 1. The third-order valence-electron chi connectivity index (χ3n) is 4.17. The maximum atomic E-state index is 7.82. The van der Waals surface area contributed by atoms with E-state index >= 15 is 0 Å². The molecular formula is C15H19N5.